The lowest BCUT2D eigenvalue weighted by Gasteiger charge is -2.01. The summed E-state index contributed by atoms with van der Waals surface area (Å²) in [6, 6.07) is -0.552. The monoisotopic (exact) mass is 163 g/mol. The molecular formula is C5H13N3OS. The molecule has 0 radical (unpaired) electrons. The van der Waals surface area contributed by atoms with Gasteiger partial charge in [-0.3, -0.25) is 5.43 Å². The lowest BCUT2D eigenvalue weighted by atomic mass is 10.4. The molecule has 4 nitrogen and oxygen atoms in total. The van der Waals surface area contributed by atoms with Crippen LogP contribution in [-0.4, -0.2) is 11.8 Å². The second-order valence-electron chi connectivity index (χ2n) is 1.79. The van der Waals surface area contributed by atoms with Gasteiger partial charge in [0.2, 0.25) is 0 Å². The van der Waals surface area contributed by atoms with Crippen molar-refractivity contribution in [3.05, 3.63) is 0 Å². The maximum Gasteiger partial charge on any atom is 0.327 e. The van der Waals surface area contributed by atoms with Gasteiger partial charge in [0.25, 0.3) is 0 Å². The zero-order valence-electron chi connectivity index (χ0n) is 6.02. The van der Waals surface area contributed by atoms with E-state index in [2.05, 4.69) is 17.2 Å². The van der Waals surface area contributed by atoms with E-state index in [1.807, 2.05) is 0 Å². The standard InChI is InChI=1S/C5H13N3OS/c1-2-3-4-10-8-7-5(6)9/h8H,2-4H2,1H3,(H3,6,7,9). The molecule has 60 valence electrons. The van der Waals surface area contributed by atoms with Crippen molar-refractivity contribution in [2.24, 2.45) is 5.73 Å². The fourth-order valence-corrected chi connectivity index (χ4v) is 1.06. The van der Waals surface area contributed by atoms with E-state index in [4.69, 9.17) is 5.73 Å². The minimum Gasteiger partial charge on any atom is -0.351 e. The van der Waals surface area contributed by atoms with Gasteiger partial charge in [0, 0.05) is 5.75 Å². The molecule has 10 heavy (non-hydrogen) atoms. The number of urea groups is 1. The Labute approximate surface area is 65.0 Å². The Kier molecular flexibility index (Phi) is 6.42. The van der Waals surface area contributed by atoms with E-state index in [1.54, 1.807) is 0 Å². The van der Waals surface area contributed by atoms with Crippen LogP contribution >= 0.6 is 11.9 Å². The summed E-state index contributed by atoms with van der Waals surface area (Å²) < 4.78 is 0. The van der Waals surface area contributed by atoms with Crippen LogP contribution in [0.5, 0.6) is 0 Å². The number of rotatable bonds is 5. The Morgan fingerprint density at radius 1 is 1.70 bits per heavy atom. The van der Waals surface area contributed by atoms with Crippen molar-refractivity contribution in [1.29, 1.82) is 0 Å². The number of hydrogen-bond donors (Lipinski definition) is 3. The van der Waals surface area contributed by atoms with Gasteiger partial charge in [-0.15, -0.1) is 0 Å². The number of primary amides is 1. The molecule has 5 heteroatoms. The van der Waals surface area contributed by atoms with Crippen molar-refractivity contribution in [2.75, 3.05) is 5.75 Å². The summed E-state index contributed by atoms with van der Waals surface area (Å²) in [5, 5.41) is 0. The predicted molar refractivity (Wildman–Crippen MR) is 43.2 cm³/mol. The summed E-state index contributed by atoms with van der Waals surface area (Å²) in [5.41, 5.74) is 7.04. The van der Waals surface area contributed by atoms with Crippen molar-refractivity contribution in [2.45, 2.75) is 19.8 Å². The first kappa shape index (κ1) is 9.58. The van der Waals surface area contributed by atoms with E-state index in [-0.39, 0.29) is 0 Å². The van der Waals surface area contributed by atoms with Crippen molar-refractivity contribution >= 4 is 18.0 Å². The minimum atomic E-state index is -0.552. The van der Waals surface area contributed by atoms with Gasteiger partial charge in [0.1, 0.15) is 0 Å². The average molecular weight is 163 g/mol. The van der Waals surface area contributed by atoms with Crippen LogP contribution in [0.25, 0.3) is 0 Å². The van der Waals surface area contributed by atoms with Crippen LogP contribution < -0.4 is 16.0 Å². The van der Waals surface area contributed by atoms with E-state index in [9.17, 15) is 4.79 Å². The molecule has 0 unspecified atom stereocenters. The van der Waals surface area contributed by atoms with Gasteiger partial charge < -0.3 is 5.73 Å². The highest BCUT2D eigenvalue weighted by Gasteiger charge is 1.88. The molecule has 0 bridgehead atoms. The molecular weight excluding hydrogens is 150 g/mol. The fourth-order valence-electron chi connectivity index (χ4n) is 0.354. The van der Waals surface area contributed by atoms with Crippen LogP contribution in [0.3, 0.4) is 0 Å². The highest BCUT2D eigenvalue weighted by atomic mass is 32.2. The number of nitrogens with two attached hydrogens (primary N) is 1. The third-order valence-electron chi connectivity index (χ3n) is 0.846. The molecule has 0 aromatic heterocycles. The van der Waals surface area contributed by atoms with Crippen molar-refractivity contribution in [3.63, 3.8) is 0 Å². The number of amides is 2. The van der Waals surface area contributed by atoms with Crippen molar-refractivity contribution < 1.29 is 4.79 Å². The molecule has 0 saturated heterocycles. The highest BCUT2D eigenvalue weighted by molar-refractivity contribution is 7.97. The predicted octanol–water partition coefficient (Wildman–Crippen LogP) is 0.608. The number of carbonyl (C=O) groups excluding carboxylic acids is 1. The third-order valence-corrected chi connectivity index (χ3v) is 1.59. The number of nitrogens with one attached hydrogen (secondary N) is 2. The molecule has 0 atom stereocenters. The second-order valence-corrected chi connectivity index (χ2v) is 2.69. The summed E-state index contributed by atoms with van der Waals surface area (Å²) in [7, 11) is 0. The highest BCUT2D eigenvalue weighted by Crippen LogP contribution is 1.96. The number of unbranched alkanes of at least 4 members (excludes halogenated alkanes) is 1. The first-order chi connectivity index (χ1) is 4.77. The number of hydrazine groups is 1. The normalized spacial score (nSPS) is 9.30. The second kappa shape index (κ2) is 6.70. The smallest absolute Gasteiger partial charge is 0.327 e. The molecule has 0 rings (SSSR count). The molecule has 0 aliphatic heterocycles. The Hall–Kier alpha value is -0.420. The van der Waals surface area contributed by atoms with Crippen LogP contribution in [0.1, 0.15) is 19.8 Å². The first-order valence-corrected chi connectivity index (χ1v) is 4.18. The van der Waals surface area contributed by atoms with E-state index < -0.39 is 6.03 Å². The lowest BCUT2D eigenvalue weighted by Crippen LogP contribution is -2.37. The Morgan fingerprint density at radius 2 is 2.40 bits per heavy atom. The first-order valence-electron chi connectivity index (χ1n) is 3.19. The van der Waals surface area contributed by atoms with Gasteiger partial charge >= 0.3 is 6.03 Å². The van der Waals surface area contributed by atoms with Crippen LogP contribution in [0, 0.1) is 0 Å². The van der Waals surface area contributed by atoms with Crippen LogP contribution in [0.15, 0.2) is 0 Å². The molecule has 0 saturated carbocycles. The third kappa shape index (κ3) is 7.58. The van der Waals surface area contributed by atoms with Crippen molar-refractivity contribution in [1.82, 2.24) is 10.3 Å². The zero-order chi connectivity index (χ0) is 7.82. The molecule has 0 aliphatic carbocycles. The summed E-state index contributed by atoms with van der Waals surface area (Å²) in [6.07, 6.45) is 2.30. The Balaban J connectivity index is 2.84. The van der Waals surface area contributed by atoms with Gasteiger partial charge in [-0.1, -0.05) is 25.3 Å². The van der Waals surface area contributed by atoms with Gasteiger partial charge in [0.05, 0.1) is 0 Å². The van der Waals surface area contributed by atoms with Crippen LogP contribution in [0.2, 0.25) is 0 Å². The fraction of sp³-hybridized carbons (Fsp3) is 0.800. The average Bonchev–Trinajstić information content (AvgIpc) is 1.87. The van der Waals surface area contributed by atoms with Gasteiger partial charge in [-0.05, 0) is 6.42 Å². The van der Waals surface area contributed by atoms with E-state index in [0.717, 1.165) is 18.6 Å². The maximum absolute atomic E-state index is 10.1. The summed E-state index contributed by atoms with van der Waals surface area (Å²) >= 11 is 1.44. The van der Waals surface area contributed by atoms with E-state index >= 15 is 0 Å². The molecule has 0 aromatic rings. The summed E-state index contributed by atoms with van der Waals surface area (Å²) in [5.74, 6) is 0.983. The minimum absolute atomic E-state index is 0.552. The summed E-state index contributed by atoms with van der Waals surface area (Å²) in [6.45, 7) is 2.11. The largest absolute Gasteiger partial charge is 0.351 e. The molecule has 0 aliphatic rings. The topological polar surface area (TPSA) is 67.2 Å². The van der Waals surface area contributed by atoms with Gasteiger partial charge in [-0.2, -0.15) is 4.83 Å². The molecule has 0 aromatic carbocycles. The molecule has 2 amide bonds. The van der Waals surface area contributed by atoms with Crippen LogP contribution in [0.4, 0.5) is 4.79 Å². The zero-order valence-corrected chi connectivity index (χ0v) is 6.83. The Bertz CT molecular complexity index is 98.9. The molecule has 0 fully saturated rings. The summed E-state index contributed by atoms with van der Waals surface area (Å²) in [4.78, 5) is 12.7. The van der Waals surface area contributed by atoms with Gasteiger partial charge in [0.15, 0.2) is 0 Å². The van der Waals surface area contributed by atoms with Crippen LogP contribution in [-0.2, 0) is 0 Å². The number of hydrogen-bond acceptors (Lipinski definition) is 3. The Morgan fingerprint density at radius 3 is 2.90 bits per heavy atom. The van der Waals surface area contributed by atoms with E-state index in [0.29, 0.717) is 0 Å². The quantitative estimate of drug-likeness (QED) is 0.316. The van der Waals surface area contributed by atoms with Crippen molar-refractivity contribution in [3.8, 4) is 0 Å². The molecule has 4 N–H and O–H groups in total. The van der Waals surface area contributed by atoms with E-state index in [1.165, 1.54) is 11.9 Å². The lowest BCUT2D eigenvalue weighted by molar-refractivity contribution is 0.248. The molecule has 0 spiro atoms. The number of carbonyl (C=O) groups is 1. The molecule has 0 heterocycles. The maximum atomic E-state index is 10.1. The SMILES string of the molecule is CCCCSNNC(N)=O. The van der Waals surface area contributed by atoms with Gasteiger partial charge in [-0.25, -0.2) is 4.79 Å².